The summed E-state index contributed by atoms with van der Waals surface area (Å²) in [6, 6.07) is 19.6. The molecule has 160 valence electrons. The number of ether oxygens (including phenoxy) is 1. The van der Waals surface area contributed by atoms with Gasteiger partial charge < -0.3 is 19.0 Å². The monoisotopic (exact) mass is 426 g/mol. The molecule has 0 aliphatic rings. The van der Waals surface area contributed by atoms with Crippen LogP contribution in [0.3, 0.4) is 0 Å². The molecule has 0 saturated heterocycles. The number of benzene rings is 2. The Labute approximate surface area is 184 Å². The minimum Gasteiger partial charge on any atom is -0.451 e. The van der Waals surface area contributed by atoms with Crippen molar-refractivity contribution >= 4 is 45.0 Å². The number of aryl methyl sites for hydroxylation is 2. The van der Waals surface area contributed by atoms with Gasteiger partial charge in [-0.25, -0.2) is 9.78 Å². The maximum atomic E-state index is 12.4. The molecule has 3 heterocycles. The molecule has 0 spiro atoms. The van der Waals surface area contributed by atoms with Gasteiger partial charge in [0.15, 0.2) is 12.3 Å². The predicted molar refractivity (Wildman–Crippen MR) is 124 cm³/mol. The van der Waals surface area contributed by atoms with E-state index in [9.17, 15) is 9.59 Å². The van der Waals surface area contributed by atoms with Crippen LogP contribution in [0, 0.1) is 6.92 Å². The van der Waals surface area contributed by atoms with Crippen molar-refractivity contribution in [3.63, 3.8) is 0 Å². The molecule has 7 heteroatoms. The number of hydrogen-bond donors (Lipinski definition) is 1. The van der Waals surface area contributed by atoms with Gasteiger partial charge in [0.2, 0.25) is 0 Å². The van der Waals surface area contributed by atoms with Crippen molar-refractivity contribution in [2.45, 2.75) is 20.4 Å². The van der Waals surface area contributed by atoms with E-state index < -0.39 is 11.9 Å². The topological polar surface area (TPSA) is 77.6 Å². The summed E-state index contributed by atoms with van der Waals surface area (Å²) in [5.74, 6) is -1.04. The summed E-state index contributed by atoms with van der Waals surface area (Å²) in [5.41, 5.74) is 4.69. The Balaban J connectivity index is 1.31. The van der Waals surface area contributed by atoms with Crippen molar-refractivity contribution in [3.05, 3.63) is 78.2 Å². The third kappa shape index (κ3) is 3.37. The van der Waals surface area contributed by atoms with E-state index in [0.717, 1.165) is 34.0 Å². The van der Waals surface area contributed by atoms with Crippen molar-refractivity contribution in [2.24, 2.45) is 0 Å². The average molecular weight is 426 g/mol. The molecule has 2 aromatic carbocycles. The molecule has 0 fully saturated rings. The first-order chi connectivity index (χ1) is 15.5. The van der Waals surface area contributed by atoms with Gasteiger partial charge in [0.05, 0.1) is 0 Å². The number of aromatic nitrogens is 3. The number of nitrogens with one attached hydrogen (secondary N) is 1. The summed E-state index contributed by atoms with van der Waals surface area (Å²) < 4.78 is 9.23. The smallest absolute Gasteiger partial charge is 0.359 e. The maximum absolute atomic E-state index is 12.4. The molecule has 0 aliphatic carbocycles. The summed E-state index contributed by atoms with van der Waals surface area (Å²) in [7, 11) is 0. The lowest BCUT2D eigenvalue weighted by molar-refractivity contribution is -0.119. The summed E-state index contributed by atoms with van der Waals surface area (Å²) >= 11 is 0. The quantitative estimate of drug-likeness (QED) is 0.418. The summed E-state index contributed by atoms with van der Waals surface area (Å²) in [6.07, 6.45) is 1.61. The van der Waals surface area contributed by atoms with Crippen LogP contribution in [-0.2, 0) is 16.1 Å². The third-order valence-electron chi connectivity index (χ3n) is 5.61. The van der Waals surface area contributed by atoms with Gasteiger partial charge in [-0.1, -0.05) is 24.3 Å². The number of imidazole rings is 1. The van der Waals surface area contributed by atoms with Gasteiger partial charge in [0.1, 0.15) is 5.65 Å². The molecule has 0 bridgehead atoms. The zero-order chi connectivity index (χ0) is 22.2. The van der Waals surface area contributed by atoms with Gasteiger partial charge in [0.25, 0.3) is 5.91 Å². The van der Waals surface area contributed by atoms with Gasteiger partial charge >= 0.3 is 5.97 Å². The molecule has 3 aromatic heterocycles. The number of nitrogens with zero attached hydrogens (tertiary/aromatic N) is 3. The summed E-state index contributed by atoms with van der Waals surface area (Å²) in [6.45, 7) is 4.50. The van der Waals surface area contributed by atoms with Gasteiger partial charge in [-0.15, -0.1) is 0 Å². The number of pyridine rings is 1. The molecule has 1 amide bonds. The molecule has 5 aromatic rings. The summed E-state index contributed by atoms with van der Waals surface area (Å²) in [5, 5.41) is 5.02. The van der Waals surface area contributed by atoms with E-state index in [-0.39, 0.29) is 12.3 Å². The lowest BCUT2D eigenvalue weighted by Crippen LogP contribution is -2.21. The van der Waals surface area contributed by atoms with Crippen molar-refractivity contribution in [3.8, 4) is 0 Å². The van der Waals surface area contributed by atoms with Crippen molar-refractivity contribution in [1.29, 1.82) is 0 Å². The third-order valence-corrected chi connectivity index (χ3v) is 5.61. The number of fused-ring (bicyclic) bond motifs is 4. The van der Waals surface area contributed by atoms with Crippen LogP contribution in [0.5, 0.6) is 0 Å². The van der Waals surface area contributed by atoms with E-state index >= 15 is 0 Å². The number of hydrogen-bond acceptors (Lipinski definition) is 4. The first-order valence-corrected chi connectivity index (χ1v) is 10.5. The van der Waals surface area contributed by atoms with Crippen LogP contribution in [0.1, 0.15) is 23.1 Å². The Hall–Kier alpha value is -4.13. The molecular formula is C25H22N4O3. The number of amides is 1. The highest BCUT2D eigenvalue weighted by Gasteiger charge is 2.16. The molecule has 7 nitrogen and oxygen atoms in total. The van der Waals surface area contributed by atoms with Crippen LogP contribution in [0.4, 0.5) is 5.69 Å². The lowest BCUT2D eigenvalue weighted by Gasteiger charge is -2.07. The van der Waals surface area contributed by atoms with E-state index in [1.165, 1.54) is 0 Å². The number of carbonyl (C=O) groups excluding carboxylic acids is 2. The first kappa shape index (κ1) is 19.8. The van der Waals surface area contributed by atoms with E-state index in [4.69, 9.17) is 4.74 Å². The highest BCUT2D eigenvalue weighted by Crippen LogP contribution is 2.30. The van der Waals surface area contributed by atoms with Crippen LogP contribution in [0.15, 0.2) is 66.9 Å². The largest absolute Gasteiger partial charge is 0.451 e. The van der Waals surface area contributed by atoms with E-state index in [0.29, 0.717) is 11.3 Å². The second-order valence-electron chi connectivity index (χ2n) is 7.64. The molecule has 0 atom stereocenters. The molecular weight excluding hydrogens is 404 g/mol. The molecule has 1 N–H and O–H groups in total. The highest BCUT2D eigenvalue weighted by atomic mass is 16.5. The molecule has 0 aliphatic heterocycles. The Kier molecular flexibility index (Phi) is 4.86. The molecule has 32 heavy (non-hydrogen) atoms. The van der Waals surface area contributed by atoms with Gasteiger partial charge in [0, 0.05) is 45.9 Å². The van der Waals surface area contributed by atoms with Gasteiger partial charge in [-0.05, 0) is 50.2 Å². The maximum Gasteiger partial charge on any atom is 0.359 e. The van der Waals surface area contributed by atoms with E-state index in [1.807, 2.05) is 55.5 Å². The first-order valence-electron chi connectivity index (χ1n) is 10.5. The highest BCUT2D eigenvalue weighted by molar-refractivity contribution is 6.10. The van der Waals surface area contributed by atoms with Crippen LogP contribution in [0.2, 0.25) is 0 Å². The average Bonchev–Trinajstić information content (AvgIpc) is 3.37. The zero-order valence-electron chi connectivity index (χ0n) is 17.8. The number of carbonyl (C=O) groups is 2. The van der Waals surface area contributed by atoms with Crippen LogP contribution in [0.25, 0.3) is 27.5 Å². The normalized spacial score (nSPS) is 11.3. The van der Waals surface area contributed by atoms with Crippen molar-refractivity contribution in [2.75, 3.05) is 11.9 Å². The number of anilines is 1. The fourth-order valence-corrected chi connectivity index (χ4v) is 4.12. The fraction of sp³-hybridized carbons (Fsp3) is 0.160. The zero-order valence-corrected chi connectivity index (χ0v) is 17.8. The number of para-hydroxylation sites is 1. The minimum absolute atomic E-state index is 0.167. The Morgan fingerprint density at radius 1 is 1.00 bits per heavy atom. The SMILES string of the molecule is CCn1c2ccccc2c2cc(NC(=O)COC(=O)c3cn4c(C)cccc4n3)ccc21. The van der Waals surface area contributed by atoms with Crippen LogP contribution >= 0.6 is 0 Å². The predicted octanol–water partition coefficient (Wildman–Crippen LogP) is 4.57. The van der Waals surface area contributed by atoms with E-state index in [2.05, 4.69) is 33.9 Å². The summed E-state index contributed by atoms with van der Waals surface area (Å²) in [4.78, 5) is 29.0. The van der Waals surface area contributed by atoms with Crippen LogP contribution < -0.4 is 5.32 Å². The molecule has 0 unspecified atom stereocenters. The van der Waals surface area contributed by atoms with Gasteiger partial charge in [-0.2, -0.15) is 0 Å². The fourth-order valence-electron chi connectivity index (χ4n) is 4.12. The standard InChI is InChI=1S/C25H22N4O3/c1-3-28-21-9-5-4-8-18(21)19-13-17(11-12-22(19)28)26-24(30)15-32-25(31)20-14-29-16(2)7-6-10-23(29)27-20/h4-14H,3,15H2,1-2H3,(H,26,30). The Morgan fingerprint density at radius 2 is 1.81 bits per heavy atom. The molecule has 0 radical (unpaired) electrons. The van der Waals surface area contributed by atoms with Crippen LogP contribution in [-0.4, -0.2) is 32.4 Å². The van der Waals surface area contributed by atoms with Gasteiger partial charge in [-0.3, -0.25) is 4.79 Å². The van der Waals surface area contributed by atoms with E-state index in [1.54, 1.807) is 10.6 Å². The number of rotatable bonds is 5. The van der Waals surface area contributed by atoms with Crippen molar-refractivity contribution < 1.29 is 14.3 Å². The second-order valence-corrected chi connectivity index (χ2v) is 7.64. The Morgan fingerprint density at radius 3 is 2.62 bits per heavy atom. The molecule has 0 saturated carbocycles. The number of esters is 1. The Bertz CT molecular complexity index is 1500. The lowest BCUT2D eigenvalue weighted by atomic mass is 10.1. The minimum atomic E-state index is -0.635. The molecule has 5 rings (SSSR count). The second kappa shape index (κ2) is 7.85. The van der Waals surface area contributed by atoms with Crippen molar-refractivity contribution in [1.82, 2.24) is 14.0 Å².